The van der Waals surface area contributed by atoms with E-state index in [4.69, 9.17) is 0 Å². The van der Waals surface area contributed by atoms with E-state index in [1.165, 1.54) is 57.9 Å². The van der Waals surface area contributed by atoms with E-state index in [0.717, 1.165) is 29.7 Å². The van der Waals surface area contributed by atoms with Crippen molar-refractivity contribution in [2.45, 2.75) is 78.2 Å². The molecule has 0 aromatic heterocycles. The Hall–Kier alpha value is -0.0400. The van der Waals surface area contributed by atoms with Crippen LogP contribution >= 0.6 is 0 Å². The third-order valence-electron chi connectivity index (χ3n) is 5.39. The average Bonchev–Trinajstić information content (AvgIpc) is 2.37. The van der Waals surface area contributed by atoms with E-state index in [-0.39, 0.29) is 0 Å². The van der Waals surface area contributed by atoms with Gasteiger partial charge in [0.15, 0.2) is 0 Å². The van der Waals surface area contributed by atoms with Gasteiger partial charge in [-0.1, -0.05) is 46.5 Å². The second-order valence-corrected chi connectivity index (χ2v) is 7.34. The fraction of sp³-hybridized carbons (Fsp3) is 1.00. The van der Waals surface area contributed by atoms with E-state index in [9.17, 15) is 0 Å². The molecule has 0 bridgehead atoms. The summed E-state index contributed by atoms with van der Waals surface area (Å²) in [4.78, 5) is 0. The Morgan fingerprint density at radius 3 is 2.50 bits per heavy atom. The Kier molecular flexibility index (Phi) is 5.54. The Labute approximate surface area is 114 Å². The van der Waals surface area contributed by atoms with E-state index in [0.29, 0.717) is 0 Å². The Morgan fingerprint density at radius 2 is 1.78 bits per heavy atom. The van der Waals surface area contributed by atoms with E-state index in [2.05, 4.69) is 26.1 Å². The third-order valence-corrected chi connectivity index (χ3v) is 5.39. The molecule has 4 unspecified atom stereocenters. The predicted octanol–water partition coefficient (Wildman–Crippen LogP) is 4.62. The quantitative estimate of drug-likeness (QED) is 0.769. The van der Waals surface area contributed by atoms with Crippen LogP contribution in [-0.2, 0) is 0 Å². The molecule has 0 aromatic carbocycles. The van der Waals surface area contributed by atoms with Gasteiger partial charge in [-0.15, -0.1) is 0 Å². The van der Waals surface area contributed by atoms with Crippen LogP contribution in [-0.4, -0.2) is 12.6 Å². The van der Waals surface area contributed by atoms with Crippen LogP contribution in [0.5, 0.6) is 0 Å². The minimum absolute atomic E-state index is 0.816. The lowest BCUT2D eigenvalue weighted by molar-refractivity contribution is 0.186. The summed E-state index contributed by atoms with van der Waals surface area (Å²) >= 11 is 0. The van der Waals surface area contributed by atoms with Crippen molar-refractivity contribution in [2.24, 2.45) is 23.7 Å². The van der Waals surface area contributed by atoms with Gasteiger partial charge in [0.05, 0.1) is 0 Å². The van der Waals surface area contributed by atoms with E-state index < -0.39 is 0 Å². The molecule has 0 radical (unpaired) electrons. The van der Waals surface area contributed by atoms with Gasteiger partial charge in [-0.3, -0.25) is 0 Å². The summed E-state index contributed by atoms with van der Waals surface area (Å²) in [6, 6.07) is 0.816. The molecule has 0 saturated heterocycles. The summed E-state index contributed by atoms with van der Waals surface area (Å²) in [5.41, 5.74) is 0. The smallest absolute Gasteiger partial charge is 0.00978 e. The van der Waals surface area contributed by atoms with Crippen molar-refractivity contribution in [1.29, 1.82) is 0 Å². The molecule has 0 spiro atoms. The second kappa shape index (κ2) is 6.93. The van der Waals surface area contributed by atoms with Crippen molar-refractivity contribution in [1.82, 2.24) is 5.32 Å². The zero-order chi connectivity index (χ0) is 13.0. The summed E-state index contributed by atoms with van der Waals surface area (Å²) in [5.74, 6) is 3.72. The van der Waals surface area contributed by atoms with Crippen LogP contribution in [0.25, 0.3) is 0 Å². The number of nitrogens with one attached hydrogen (secondary N) is 1. The first kappa shape index (κ1) is 14.4. The highest BCUT2D eigenvalue weighted by Crippen LogP contribution is 2.32. The molecule has 0 heterocycles. The van der Waals surface area contributed by atoms with Gasteiger partial charge in [-0.25, -0.2) is 0 Å². The lowest BCUT2D eigenvalue weighted by atomic mass is 9.77. The minimum atomic E-state index is 0.816. The monoisotopic (exact) mass is 251 g/mol. The largest absolute Gasteiger partial charge is 0.313 e. The molecule has 2 aliphatic rings. The van der Waals surface area contributed by atoms with Gasteiger partial charge in [-0.05, 0) is 55.9 Å². The molecule has 18 heavy (non-hydrogen) atoms. The molecule has 2 rings (SSSR count). The molecule has 2 fully saturated rings. The average molecular weight is 251 g/mol. The van der Waals surface area contributed by atoms with Crippen LogP contribution in [0.2, 0.25) is 0 Å². The van der Waals surface area contributed by atoms with Gasteiger partial charge in [0.25, 0.3) is 0 Å². The molecule has 106 valence electrons. The van der Waals surface area contributed by atoms with Gasteiger partial charge >= 0.3 is 0 Å². The number of rotatable bonds is 4. The van der Waals surface area contributed by atoms with Crippen LogP contribution < -0.4 is 5.32 Å². The zero-order valence-corrected chi connectivity index (χ0v) is 12.8. The molecule has 2 saturated carbocycles. The molecular weight excluding hydrogens is 218 g/mol. The van der Waals surface area contributed by atoms with Crippen LogP contribution in [0, 0.1) is 23.7 Å². The second-order valence-electron chi connectivity index (χ2n) is 7.34. The van der Waals surface area contributed by atoms with Crippen LogP contribution in [0.3, 0.4) is 0 Å². The first-order valence-electron chi connectivity index (χ1n) is 8.40. The summed E-state index contributed by atoms with van der Waals surface area (Å²) in [7, 11) is 0. The number of hydrogen-bond donors (Lipinski definition) is 1. The topological polar surface area (TPSA) is 12.0 Å². The SMILES string of the molecule is CC1CCCC(CNC2CCCCC2C(C)C)C1. The summed E-state index contributed by atoms with van der Waals surface area (Å²) < 4.78 is 0. The first-order chi connectivity index (χ1) is 8.66. The standard InChI is InChI=1S/C17H33N/c1-13(2)16-9-4-5-10-17(16)18-12-15-8-6-7-14(3)11-15/h13-18H,4-12H2,1-3H3. The molecule has 2 aliphatic carbocycles. The van der Waals surface area contributed by atoms with Crippen molar-refractivity contribution in [2.75, 3.05) is 6.54 Å². The van der Waals surface area contributed by atoms with Gasteiger partial charge in [-0.2, -0.15) is 0 Å². The lowest BCUT2D eigenvalue weighted by Crippen LogP contribution is -2.43. The summed E-state index contributed by atoms with van der Waals surface area (Å²) in [5, 5.41) is 3.94. The fourth-order valence-electron chi connectivity index (χ4n) is 4.27. The van der Waals surface area contributed by atoms with Crippen molar-refractivity contribution in [3.63, 3.8) is 0 Å². The van der Waals surface area contributed by atoms with Crippen molar-refractivity contribution in [3.8, 4) is 0 Å². The van der Waals surface area contributed by atoms with E-state index in [1.807, 2.05) is 0 Å². The van der Waals surface area contributed by atoms with Gasteiger partial charge in [0.2, 0.25) is 0 Å². The van der Waals surface area contributed by atoms with Gasteiger partial charge in [0.1, 0.15) is 0 Å². The first-order valence-corrected chi connectivity index (χ1v) is 8.40. The molecule has 0 aliphatic heterocycles. The fourth-order valence-corrected chi connectivity index (χ4v) is 4.27. The van der Waals surface area contributed by atoms with Crippen molar-refractivity contribution >= 4 is 0 Å². The molecule has 1 nitrogen and oxygen atoms in total. The molecule has 1 N–H and O–H groups in total. The molecule has 1 heteroatoms. The van der Waals surface area contributed by atoms with Crippen LogP contribution in [0.15, 0.2) is 0 Å². The van der Waals surface area contributed by atoms with Gasteiger partial charge < -0.3 is 5.32 Å². The highest BCUT2D eigenvalue weighted by Gasteiger charge is 2.28. The Balaban J connectivity index is 1.77. The summed E-state index contributed by atoms with van der Waals surface area (Å²) in [6.07, 6.45) is 11.6. The molecule has 4 atom stereocenters. The van der Waals surface area contributed by atoms with Crippen molar-refractivity contribution in [3.05, 3.63) is 0 Å². The molecule has 0 amide bonds. The maximum absolute atomic E-state index is 3.94. The predicted molar refractivity (Wildman–Crippen MR) is 79.7 cm³/mol. The van der Waals surface area contributed by atoms with Gasteiger partial charge in [0, 0.05) is 6.04 Å². The van der Waals surface area contributed by atoms with Crippen molar-refractivity contribution < 1.29 is 0 Å². The highest BCUT2D eigenvalue weighted by molar-refractivity contribution is 4.84. The third kappa shape index (κ3) is 3.98. The Bertz CT molecular complexity index is 236. The highest BCUT2D eigenvalue weighted by atomic mass is 14.9. The molecule has 0 aromatic rings. The maximum atomic E-state index is 3.94. The molecular formula is C17H33N. The van der Waals surface area contributed by atoms with E-state index in [1.54, 1.807) is 0 Å². The zero-order valence-electron chi connectivity index (χ0n) is 12.8. The minimum Gasteiger partial charge on any atom is -0.313 e. The summed E-state index contributed by atoms with van der Waals surface area (Å²) in [6.45, 7) is 8.54. The van der Waals surface area contributed by atoms with Crippen LogP contribution in [0.4, 0.5) is 0 Å². The lowest BCUT2D eigenvalue weighted by Gasteiger charge is -2.37. The maximum Gasteiger partial charge on any atom is 0.00978 e. The Morgan fingerprint density at radius 1 is 1.00 bits per heavy atom. The number of hydrogen-bond acceptors (Lipinski definition) is 1. The normalized spacial score (nSPS) is 38.0. The van der Waals surface area contributed by atoms with E-state index >= 15 is 0 Å². The van der Waals surface area contributed by atoms with Crippen LogP contribution in [0.1, 0.15) is 72.1 Å².